The van der Waals surface area contributed by atoms with Crippen molar-refractivity contribution in [2.24, 2.45) is 0 Å². The normalized spacial score (nSPS) is 14.3. The second-order valence-electron chi connectivity index (χ2n) is 12.4. The van der Waals surface area contributed by atoms with Crippen LogP contribution in [0.15, 0.2) is 192 Å². The monoisotopic (exact) mass is 688 g/mol. The van der Waals surface area contributed by atoms with Crippen molar-refractivity contribution in [2.75, 3.05) is 0 Å². The van der Waals surface area contributed by atoms with E-state index in [1.54, 1.807) is 0 Å². The van der Waals surface area contributed by atoms with Gasteiger partial charge in [0.25, 0.3) is 0 Å². The summed E-state index contributed by atoms with van der Waals surface area (Å²) < 4.78 is 103. The number of hydrogen-bond donors (Lipinski definition) is 0. The summed E-state index contributed by atoms with van der Waals surface area (Å²) in [5, 5.41) is 1.80. The van der Waals surface area contributed by atoms with E-state index in [9.17, 15) is 4.11 Å². The van der Waals surface area contributed by atoms with Gasteiger partial charge in [-0.2, -0.15) is 0 Å². The number of hydrogen-bond acceptors (Lipinski definition) is 4. The molecule has 0 atom stereocenters. The number of aromatic nitrogens is 3. The number of nitrogens with zero attached hydrogens (tertiary/aromatic N) is 3. The van der Waals surface area contributed by atoms with Gasteiger partial charge in [-0.3, -0.25) is 0 Å². The average molecular weight is 689 g/mol. The molecule has 2 heterocycles. The van der Waals surface area contributed by atoms with Gasteiger partial charge < -0.3 is 4.42 Å². The highest BCUT2D eigenvalue weighted by molar-refractivity contribution is 6.13. The van der Waals surface area contributed by atoms with E-state index < -0.39 is 72.0 Å². The molecule has 0 aliphatic heterocycles. The molecule has 0 saturated carbocycles. The zero-order chi connectivity index (χ0) is 44.7. The van der Waals surface area contributed by atoms with Crippen molar-refractivity contribution >= 4 is 32.7 Å². The van der Waals surface area contributed by atoms with E-state index in [0.29, 0.717) is 11.1 Å². The molecular formula is C49H31N3O. The summed E-state index contributed by atoms with van der Waals surface area (Å²) in [6.45, 7) is 0. The lowest BCUT2D eigenvalue weighted by Crippen LogP contribution is -2.00. The third-order valence-corrected chi connectivity index (χ3v) is 9.18. The topological polar surface area (TPSA) is 51.8 Å². The molecule has 8 aromatic carbocycles. The largest absolute Gasteiger partial charge is 0.456 e. The molecule has 0 unspecified atom stereocenters. The molecular weight excluding hydrogens is 647 g/mol. The van der Waals surface area contributed by atoms with Crippen LogP contribution >= 0.6 is 0 Å². The van der Waals surface area contributed by atoms with Gasteiger partial charge in [0, 0.05) is 27.5 Å². The van der Waals surface area contributed by atoms with Crippen LogP contribution in [0.25, 0.3) is 100 Å². The van der Waals surface area contributed by atoms with Crippen LogP contribution in [0.5, 0.6) is 0 Å². The van der Waals surface area contributed by atoms with Crippen LogP contribution in [0.4, 0.5) is 0 Å². The Morgan fingerprint density at radius 3 is 1.75 bits per heavy atom. The van der Waals surface area contributed by atoms with E-state index >= 15 is 0 Å². The Morgan fingerprint density at radius 1 is 0.377 bits per heavy atom. The van der Waals surface area contributed by atoms with Gasteiger partial charge in [0.05, 0.1) is 15.1 Å². The van der Waals surface area contributed by atoms with E-state index in [-0.39, 0.29) is 50.5 Å². The van der Waals surface area contributed by atoms with Crippen LogP contribution < -0.4 is 0 Å². The molecule has 0 aliphatic rings. The van der Waals surface area contributed by atoms with Crippen LogP contribution in [0.3, 0.4) is 0 Å². The molecule has 0 amide bonds. The van der Waals surface area contributed by atoms with Crippen molar-refractivity contribution in [3.8, 4) is 67.5 Å². The predicted molar refractivity (Wildman–Crippen MR) is 217 cm³/mol. The molecule has 0 spiro atoms. The van der Waals surface area contributed by atoms with Gasteiger partial charge in [0.1, 0.15) is 11.2 Å². The van der Waals surface area contributed by atoms with Crippen LogP contribution in [0.1, 0.15) is 15.1 Å². The lowest BCUT2D eigenvalue weighted by Gasteiger charge is -2.11. The molecule has 0 N–H and O–H groups in total. The van der Waals surface area contributed by atoms with Gasteiger partial charge >= 0.3 is 0 Å². The lowest BCUT2D eigenvalue weighted by atomic mass is 9.97. The Kier molecular flexibility index (Phi) is 5.16. The minimum Gasteiger partial charge on any atom is -0.456 e. The highest BCUT2D eigenvalue weighted by Crippen LogP contribution is 2.38. The van der Waals surface area contributed by atoms with E-state index in [1.807, 2.05) is 97.1 Å². The summed E-state index contributed by atoms with van der Waals surface area (Å²) in [6.07, 6.45) is 0. The smallest absolute Gasteiger partial charge is 0.164 e. The number of fused-ring (bicyclic) bond motifs is 4. The fourth-order valence-electron chi connectivity index (χ4n) is 6.59. The van der Waals surface area contributed by atoms with Gasteiger partial charge in [0.2, 0.25) is 0 Å². The van der Waals surface area contributed by atoms with Crippen LogP contribution in [0, 0.1) is 0 Å². The third kappa shape index (κ3) is 5.63. The van der Waals surface area contributed by atoms with Gasteiger partial charge in [-0.15, -0.1) is 0 Å². The molecule has 0 saturated heterocycles. The van der Waals surface area contributed by atoms with Gasteiger partial charge in [-0.1, -0.05) is 170 Å². The quantitative estimate of drug-likeness (QED) is 0.174. The van der Waals surface area contributed by atoms with Crippen molar-refractivity contribution < 1.29 is 19.5 Å². The zero-order valence-electron chi connectivity index (χ0n) is 38.8. The standard InChI is InChI=1S/C49H31N3O/c1-3-11-32(12-4-1)33-21-25-37(26-22-33)47-50-48(38-27-23-36(24-28-38)41-18-9-16-34-15-7-8-17-40(34)41)52-49(51-47)39-29-30-43-45(31-39)53-44-20-10-19-42(46(43)44)35-13-5-2-6-14-35/h1-31H/i2D,5D,6D,10D,13D,14D,19D,20D,29D,30D,31D. The highest BCUT2D eigenvalue weighted by Gasteiger charge is 2.17. The van der Waals surface area contributed by atoms with E-state index in [2.05, 4.69) is 24.3 Å². The van der Waals surface area contributed by atoms with Crippen molar-refractivity contribution in [1.29, 1.82) is 0 Å². The Hall–Kier alpha value is -7.17. The summed E-state index contributed by atoms with van der Waals surface area (Å²) in [5.41, 5.74) is 3.58. The van der Waals surface area contributed by atoms with Crippen molar-refractivity contribution in [3.05, 3.63) is 188 Å². The van der Waals surface area contributed by atoms with E-state index in [4.69, 9.17) is 30.3 Å². The summed E-state index contributed by atoms with van der Waals surface area (Å²) in [4.78, 5) is 14.5. The van der Waals surface area contributed by atoms with E-state index in [1.165, 1.54) is 0 Å². The maximum Gasteiger partial charge on any atom is 0.164 e. The molecule has 0 bridgehead atoms. The third-order valence-electron chi connectivity index (χ3n) is 9.18. The molecule has 0 aliphatic carbocycles. The minimum atomic E-state index is -0.687. The number of rotatable bonds is 6. The summed E-state index contributed by atoms with van der Waals surface area (Å²) >= 11 is 0. The second-order valence-corrected chi connectivity index (χ2v) is 12.4. The van der Waals surface area contributed by atoms with Crippen molar-refractivity contribution in [1.82, 2.24) is 15.0 Å². The molecule has 0 radical (unpaired) electrons. The van der Waals surface area contributed by atoms with Gasteiger partial charge in [0.15, 0.2) is 17.5 Å². The SMILES string of the molecule is [2H]c1c([2H])c([2H])c(-c2c([2H])c([2H])c([2H])c3oc4c([2H])c(-c5nc(-c6ccc(-c7ccccc7)cc6)nc(-c6ccc(-c7cccc8ccccc78)cc6)n5)c([2H])c([2H])c4c23)c([2H])c1[2H]. The molecule has 2 aromatic heterocycles. The van der Waals surface area contributed by atoms with Gasteiger partial charge in [-0.25, -0.2) is 15.0 Å². The van der Waals surface area contributed by atoms with Gasteiger partial charge in [-0.05, 0) is 62.3 Å². The highest BCUT2D eigenvalue weighted by atomic mass is 16.3. The molecule has 4 heteroatoms. The fraction of sp³-hybridized carbons (Fsp3) is 0. The van der Waals surface area contributed by atoms with Crippen LogP contribution in [-0.4, -0.2) is 15.0 Å². The fourth-order valence-corrected chi connectivity index (χ4v) is 6.59. The molecule has 248 valence electrons. The molecule has 0 fully saturated rings. The van der Waals surface area contributed by atoms with Crippen molar-refractivity contribution in [3.63, 3.8) is 0 Å². The molecule has 53 heavy (non-hydrogen) atoms. The summed E-state index contributed by atoms with van der Waals surface area (Å²) in [7, 11) is 0. The average Bonchev–Trinajstić information content (AvgIpc) is 3.73. The molecule has 4 nitrogen and oxygen atoms in total. The van der Waals surface area contributed by atoms with Crippen molar-refractivity contribution in [2.45, 2.75) is 0 Å². The maximum absolute atomic E-state index is 9.53. The molecule has 10 rings (SSSR count). The van der Waals surface area contributed by atoms with Crippen LogP contribution in [-0.2, 0) is 0 Å². The minimum absolute atomic E-state index is 0.115. The first-order valence-corrected chi connectivity index (χ1v) is 16.9. The summed E-state index contributed by atoms with van der Waals surface area (Å²) in [5.74, 6) is 0.332. The maximum atomic E-state index is 9.53. The predicted octanol–water partition coefficient (Wildman–Crippen LogP) is 12.9. The molecule has 10 aromatic rings. The first-order chi connectivity index (χ1) is 30.8. The number of benzene rings is 8. The van der Waals surface area contributed by atoms with E-state index in [0.717, 1.165) is 33.0 Å². The number of furan rings is 1. The Labute approximate surface area is 322 Å². The second kappa shape index (κ2) is 12.9. The summed E-state index contributed by atoms with van der Waals surface area (Å²) in [6, 6.07) is 32.7. The Morgan fingerprint density at radius 2 is 1.00 bits per heavy atom. The zero-order valence-corrected chi connectivity index (χ0v) is 27.8. The first kappa shape index (κ1) is 21.3. The Balaban J connectivity index is 1.20. The Bertz CT molecular complexity index is 3530. The van der Waals surface area contributed by atoms with Crippen LogP contribution in [0.2, 0.25) is 0 Å². The lowest BCUT2D eigenvalue weighted by molar-refractivity contribution is 0.669. The first-order valence-electron chi connectivity index (χ1n) is 22.4.